The van der Waals surface area contributed by atoms with E-state index in [1.165, 1.54) is 0 Å². The van der Waals surface area contributed by atoms with Gasteiger partial charge in [-0.05, 0) is 29.8 Å². The Morgan fingerprint density at radius 1 is 1.11 bits per heavy atom. The number of rotatable bonds is 7. The zero-order chi connectivity index (χ0) is 19.6. The first-order valence-corrected chi connectivity index (χ1v) is 10.3. The molecule has 0 radical (unpaired) electrons. The van der Waals surface area contributed by atoms with Gasteiger partial charge in [0.15, 0.2) is 0 Å². The number of benzene rings is 2. The third-order valence-electron chi connectivity index (χ3n) is 4.61. The third-order valence-corrected chi connectivity index (χ3v) is 5.14. The van der Waals surface area contributed by atoms with Gasteiger partial charge >= 0.3 is 6.03 Å². The largest absolute Gasteiger partial charge is 0.379 e. The van der Waals surface area contributed by atoms with Crippen LogP contribution < -0.4 is 5.32 Å². The monoisotopic (exact) mass is 443 g/mol. The average molecular weight is 444 g/mol. The first kappa shape index (κ1) is 20.6. The Labute approximate surface area is 175 Å². The van der Waals surface area contributed by atoms with E-state index in [1.54, 1.807) is 0 Å². The van der Waals surface area contributed by atoms with E-state index in [-0.39, 0.29) is 6.03 Å². The van der Waals surface area contributed by atoms with E-state index in [4.69, 9.17) is 4.74 Å². The summed E-state index contributed by atoms with van der Waals surface area (Å²) in [7, 11) is 0. The SMILES string of the molecule is O=C(Nc1ccc(Br)cc1)N(C/C=C/c1ccccc1)CCN1CCOCC1. The Bertz CT molecular complexity index is 759. The van der Waals surface area contributed by atoms with Crippen molar-refractivity contribution in [3.63, 3.8) is 0 Å². The van der Waals surface area contributed by atoms with E-state index in [9.17, 15) is 4.79 Å². The van der Waals surface area contributed by atoms with Crippen molar-refractivity contribution in [3.05, 3.63) is 70.7 Å². The number of anilines is 1. The number of nitrogens with zero attached hydrogens (tertiary/aromatic N) is 2. The summed E-state index contributed by atoms with van der Waals surface area (Å²) in [6.07, 6.45) is 4.09. The molecule has 0 atom stereocenters. The van der Waals surface area contributed by atoms with Gasteiger partial charge in [-0.3, -0.25) is 4.90 Å². The molecule has 0 saturated carbocycles. The smallest absolute Gasteiger partial charge is 0.322 e. The highest BCUT2D eigenvalue weighted by Gasteiger charge is 2.16. The van der Waals surface area contributed by atoms with Gasteiger partial charge in [-0.15, -0.1) is 0 Å². The Hall–Kier alpha value is -2.15. The van der Waals surface area contributed by atoms with E-state index in [0.29, 0.717) is 13.1 Å². The summed E-state index contributed by atoms with van der Waals surface area (Å²) in [6.45, 7) is 5.43. The van der Waals surface area contributed by atoms with Gasteiger partial charge in [-0.1, -0.05) is 58.4 Å². The van der Waals surface area contributed by atoms with Gasteiger partial charge < -0.3 is 15.0 Å². The van der Waals surface area contributed by atoms with E-state index in [0.717, 1.165) is 48.6 Å². The molecule has 1 saturated heterocycles. The van der Waals surface area contributed by atoms with Crippen molar-refractivity contribution in [3.8, 4) is 0 Å². The maximum atomic E-state index is 12.8. The van der Waals surface area contributed by atoms with Crippen molar-refractivity contribution in [1.29, 1.82) is 0 Å². The summed E-state index contributed by atoms with van der Waals surface area (Å²) in [6, 6.07) is 17.7. The fourth-order valence-electron chi connectivity index (χ4n) is 2.98. The van der Waals surface area contributed by atoms with Crippen LogP contribution in [0.4, 0.5) is 10.5 Å². The Morgan fingerprint density at radius 3 is 2.54 bits per heavy atom. The summed E-state index contributed by atoms with van der Waals surface area (Å²) in [5.41, 5.74) is 1.92. The van der Waals surface area contributed by atoms with E-state index in [1.807, 2.05) is 53.4 Å². The summed E-state index contributed by atoms with van der Waals surface area (Å²) in [5.74, 6) is 0. The molecule has 148 valence electrons. The molecule has 0 spiro atoms. The molecule has 2 amide bonds. The van der Waals surface area contributed by atoms with Crippen molar-refractivity contribution in [2.45, 2.75) is 0 Å². The van der Waals surface area contributed by atoms with Crippen LogP contribution in [-0.2, 0) is 4.74 Å². The lowest BCUT2D eigenvalue weighted by Crippen LogP contribution is -2.44. The second-order valence-corrected chi connectivity index (χ2v) is 7.57. The molecule has 0 bridgehead atoms. The van der Waals surface area contributed by atoms with Crippen LogP contribution in [0.25, 0.3) is 6.08 Å². The molecule has 2 aromatic carbocycles. The molecule has 6 heteroatoms. The summed E-state index contributed by atoms with van der Waals surface area (Å²) in [5, 5.41) is 2.99. The van der Waals surface area contributed by atoms with Crippen molar-refractivity contribution in [2.75, 3.05) is 51.3 Å². The van der Waals surface area contributed by atoms with Crippen LogP contribution in [0.2, 0.25) is 0 Å². The number of halogens is 1. The lowest BCUT2D eigenvalue weighted by molar-refractivity contribution is 0.0355. The number of ether oxygens (including phenoxy) is 1. The van der Waals surface area contributed by atoms with Gasteiger partial charge in [0, 0.05) is 42.9 Å². The highest BCUT2D eigenvalue weighted by atomic mass is 79.9. The maximum Gasteiger partial charge on any atom is 0.322 e. The third kappa shape index (κ3) is 6.78. The van der Waals surface area contributed by atoms with Crippen LogP contribution in [0.3, 0.4) is 0 Å². The van der Waals surface area contributed by atoms with Gasteiger partial charge in [0.1, 0.15) is 0 Å². The summed E-state index contributed by atoms with van der Waals surface area (Å²) in [4.78, 5) is 17.0. The van der Waals surface area contributed by atoms with Gasteiger partial charge in [0.2, 0.25) is 0 Å². The number of hydrogen-bond acceptors (Lipinski definition) is 3. The number of hydrogen-bond donors (Lipinski definition) is 1. The second-order valence-electron chi connectivity index (χ2n) is 6.65. The van der Waals surface area contributed by atoms with Crippen LogP contribution in [0.1, 0.15) is 5.56 Å². The first-order chi connectivity index (χ1) is 13.7. The maximum absolute atomic E-state index is 12.8. The van der Waals surface area contributed by atoms with Crippen LogP contribution in [0, 0.1) is 0 Å². The van der Waals surface area contributed by atoms with E-state index < -0.39 is 0 Å². The Balaban J connectivity index is 1.60. The molecule has 0 aliphatic carbocycles. The molecule has 2 aromatic rings. The number of carbonyl (C=O) groups excluding carboxylic acids is 1. The Morgan fingerprint density at radius 2 is 1.82 bits per heavy atom. The quantitative estimate of drug-likeness (QED) is 0.692. The molecular weight excluding hydrogens is 418 g/mol. The number of morpholine rings is 1. The fourth-order valence-corrected chi connectivity index (χ4v) is 3.24. The first-order valence-electron chi connectivity index (χ1n) is 9.54. The highest BCUT2D eigenvalue weighted by molar-refractivity contribution is 9.10. The van der Waals surface area contributed by atoms with Crippen molar-refractivity contribution < 1.29 is 9.53 Å². The van der Waals surface area contributed by atoms with Gasteiger partial charge in [-0.25, -0.2) is 4.79 Å². The number of nitrogens with one attached hydrogen (secondary N) is 1. The zero-order valence-corrected chi connectivity index (χ0v) is 17.5. The molecule has 1 aliphatic rings. The highest BCUT2D eigenvalue weighted by Crippen LogP contribution is 2.15. The molecule has 1 N–H and O–H groups in total. The average Bonchev–Trinajstić information content (AvgIpc) is 2.73. The summed E-state index contributed by atoms with van der Waals surface area (Å²) < 4.78 is 6.39. The molecular formula is C22H26BrN3O2. The predicted molar refractivity (Wildman–Crippen MR) is 117 cm³/mol. The van der Waals surface area contributed by atoms with Gasteiger partial charge in [0.05, 0.1) is 13.2 Å². The topological polar surface area (TPSA) is 44.8 Å². The van der Waals surface area contributed by atoms with Crippen molar-refractivity contribution in [2.24, 2.45) is 0 Å². The van der Waals surface area contributed by atoms with Crippen LogP contribution in [0.5, 0.6) is 0 Å². The summed E-state index contributed by atoms with van der Waals surface area (Å²) >= 11 is 3.42. The van der Waals surface area contributed by atoms with Gasteiger partial charge in [-0.2, -0.15) is 0 Å². The molecule has 1 heterocycles. The van der Waals surface area contributed by atoms with E-state index in [2.05, 4.69) is 44.4 Å². The molecule has 0 unspecified atom stereocenters. The zero-order valence-electron chi connectivity index (χ0n) is 15.9. The Kier molecular flexibility index (Phi) is 8.08. The molecule has 5 nitrogen and oxygen atoms in total. The minimum Gasteiger partial charge on any atom is -0.379 e. The number of urea groups is 1. The lowest BCUT2D eigenvalue weighted by atomic mass is 10.2. The van der Waals surface area contributed by atoms with Crippen molar-refractivity contribution >= 4 is 33.7 Å². The normalized spacial score (nSPS) is 14.9. The van der Waals surface area contributed by atoms with Gasteiger partial charge in [0.25, 0.3) is 0 Å². The minimum absolute atomic E-state index is 0.0895. The van der Waals surface area contributed by atoms with E-state index >= 15 is 0 Å². The fraction of sp³-hybridized carbons (Fsp3) is 0.318. The minimum atomic E-state index is -0.0895. The molecule has 1 aliphatic heterocycles. The van der Waals surface area contributed by atoms with Crippen molar-refractivity contribution in [1.82, 2.24) is 9.80 Å². The molecule has 0 aromatic heterocycles. The van der Waals surface area contributed by atoms with Crippen LogP contribution in [-0.4, -0.2) is 61.8 Å². The van der Waals surface area contributed by atoms with Crippen LogP contribution >= 0.6 is 15.9 Å². The van der Waals surface area contributed by atoms with Crippen LogP contribution in [0.15, 0.2) is 65.1 Å². The predicted octanol–water partition coefficient (Wildman–Crippen LogP) is 4.33. The molecule has 1 fully saturated rings. The standard InChI is InChI=1S/C22H26BrN3O2/c23-20-8-10-21(11-9-20)24-22(27)26(14-13-25-15-17-28-18-16-25)12-4-7-19-5-2-1-3-6-19/h1-11H,12-18H2,(H,24,27)/b7-4+. The molecule has 3 rings (SSSR count). The lowest BCUT2D eigenvalue weighted by Gasteiger charge is -2.29. The number of carbonyl (C=O) groups is 1. The number of amides is 2. The second kappa shape index (κ2) is 11.0. The molecule has 28 heavy (non-hydrogen) atoms.